The van der Waals surface area contributed by atoms with Crippen LogP contribution in [0, 0.1) is 5.92 Å². The van der Waals surface area contributed by atoms with Crippen molar-refractivity contribution in [1.82, 2.24) is 0 Å². The smallest absolute Gasteiger partial charge is 0.492 e. The Morgan fingerprint density at radius 1 is 0.889 bits per heavy atom. The summed E-state index contributed by atoms with van der Waals surface area (Å²) in [5.74, 6) is -1.99. The van der Waals surface area contributed by atoms with E-state index in [-0.39, 0.29) is 0 Å². The van der Waals surface area contributed by atoms with Crippen LogP contribution in [0.2, 0.25) is 0 Å². The molecule has 0 N–H and O–H groups in total. The average Bonchev–Trinajstić information content (AvgIpc) is 3.36. The van der Waals surface area contributed by atoms with E-state index < -0.39 is 42.0 Å². The summed E-state index contributed by atoms with van der Waals surface area (Å²) in [5, 5.41) is 1.47. The maximum atomic E-state index is 13.7. The molecule has 0 aromatic heterocycles. The minimum atomic E-state index is -4.83. The number of carbonyl (C=O) groups is 2. The Kier molecular flexibility index (Phi) is 6.05. The lowest BCUT2D eigenvalue weighted by Gasteiger charge is -2.29. The Hall–Kier alpha value is -4.05. The average molecular weight is 498 g/mol. The summed E-state index contributed by atoms with van der Waals surface area (Å²) < 4.78 is 47.5. The van der Waals surface area contributed by atoms with E-state index in [4.69, 9.17) is 9.57 Å². The minimum absolute atomic E-state index is 0.311. The number of benzene rings is 3. The molecule has 5 rings (SSSR count). The summed E-state index contributed by atoms with van der Waals surface area (Å²) in [6.45, 7) is 2.13. The molecule has 36 heavy (non-hydrogen) atoms. The largest absolute Gasteiger partial charge is 0.573 e. The lowest BCUT2D eigenvalue weighted by Crippen LogP contribution is -2.37. The van der Waals surface area contributed by atoms with Crippen LogP contribution in [0.25, 0.3) is 0 Å². The van der Waals surface area contributed by atoms with E-state index in [1.165, 1.54) is 29.3 Å². The molecule has 186 valence electrons. The number of hydrogen-bond donors (Lipinski definition) is 0. The van der Waals surface area contributed by atoms with Gasteiger partial charge in [-0.05, 0) is 48.9 Å². The molecule has 3 aromatic rings. The fraction of sp³-hybridized carbons (Fsp3) is 0.231. The van der Waals surface area contributed by atoms with Gasteiger partial charge in [0.15, 0.2) is 6.10 Å². The third-order valence-corrected chi connectivity index (χ3v) is 5.99. The standard InChI is InChI=1S/C26H21F3N2O5/c1-2-34-20-11-7-6-10-19(20)30-24(32)21-22(16-12-14-18(15-13-16)35-26(27,28)29)31(36-23(21)25(30)33)17-8-4-3-5-9-17/h3-15,21-23H,2H2,1H3. The number of halogens is 3. The van der Waals surface area contributed by atoms with Crippen molar-refractivity contribution in [3.8, 4) is 11.5 Å². The summed E-state index contributed by atoms with van der Waals surface area (Å²) in [6.07, 6.45) is -5.95. The molecule has 2 amide bonds. The highest BCUT2D eigenvalue weighted by Gasteiger charge is 2.60. The molecular formula is C26H21F3N2O5. The van der Waals surface area contributed by atoms with Crippen LogP contribution >= 0.6 is 0 Å². The van der Waals surface area contributed by atoms with Crippen molar-refractivity contribution in [2.75, 3.05) is 16.6 Å². The van der Waals surface area contributed by atoms with Crippen LogP contribution in [0.3, 0.4) is 0 Å². The molecule has 0 radical (unpaired) electrons. The quantitative estimate of drug-likeness (QED) is 0.444. The number of rotatable bonds is 6. The number of amides is 2. The number of alkyl halides is 3. The van der Waals surface area contributed by atoms with Gasteiger partial charge in [0.1, 0.15) is 17.4 Å². The number of fused-ring (bicyclic) bond motifs is 1. The predicted octanol–water partition coefficient (Wildman–Crippen LogP) is 5.04. The van der Waals surface area contributed by atoms with Gasteiger partial charge in [0.25, 0.3) is 5.91 Å². The van der Waals surface area contributed by atoms with Crippen LogP contribution in [-0.4, -0.2) is 30.9 Å². The highest BCUT2D eigenvalue weighted by Crippen LogP contribution is 2.48. The number of para-hydroxylation sites is 3. The molecule has 2 fully saturated rings. The Morgan fingerprint density at radius 3 is 2.22 bits per heavy atom. The van der Waals surface area contributed by atoms with Crippen molar-refractivity contribution < 1.29 is 37.1 Å². The van der Waals surface area contributed by atoms with Gasteiger partial charge in [0.2, 0.25) is 5.91 Å². The van der Waals surface area contributed by atoms with E-state index in [0.29, 0.717) is 29.3 Å². The van der Waals surface area contributed by atoms with Crippen molar-refractivity contribution in [1.29, 1.82) is 0 Å². The monoisotopic (exact) mass is 498 g/mol. The van der Waals surface area contributed by atoms with Crippen molar-refractivity contribution in [3.05, 3.63) is 84.4 Å². The van der Waals surface area contributed by atoms with Gasteiger partial charge in [-0.25, -0.2) is 9.96 Å². The number of nitrogens with zero attached hydrogens (tertiary/aromatic N) is 2. The van der Waals surface area contributed by atoms with Crippen LogP contribution < -0.4 is 19.4 Å². The molecule has 0 spiro atoms. The number of imide groups is 1. The SMILES string of the molecule is CCOc1ccccc1N1C(=O)C2ON(c3ccccc3)C(c3ccc(OC(F)(F)F)cc3)C2C1=O. The highest BCUT2D eigenvalue weighted by molar-refractivity contribution is 6.24. The predicted molar refractivity (Wildman–Crippen MR) is 123 cm³/mol. The zero-order chi connectivity index (χ0) is 25.4. The van der Waals surface area contributed by atoms with Crippen molar-refractivity contribution in [3.63, 3.8) is 0 Å². The molecule has 2 aliphatic rings. The van der Waals surface area contributed by atoms with Gasteiger partial charge < -0.3 is 9.47 Å². The van der Waals surface area contributed by atoms with Gasteiger partial charge in [-0.2, -0.15) is 0 Å². The first-order valence-electron chi connectivity index (χ1n) is 11.2. The zero-order valence-electron chi connectivity index (χ0n) is 19.0. The molecule has 3 aromatic carbocycles. The second-order valence-corrected chi connectivity index (χ2v) is 8.19. The molecule has 0 aliphatic carbocycles. The number of ether oxygens (including phenoxy) is 2. The zero-order valence-corrected chi connectivity index (χ0v) is 19.0. The van der Waals surface area contributed by atoms with Gasteiger partial charge in [0.05, 0.1) is 24.0 Å². The topological polar surface area (TPSA) is 68.3 Å². The number of hydrogen-bond acceptors (Lipinski definition) is 6. The van der Waals surface area contributed by atoms with E-state index in [2.05, 4.69) is 4.74 Å². The fourth-order valence-corrected chi connectivity index (χ4v) is 4.58. The Bertz CT molecular complexity index is 1270. The van der Waals surface area contributed by atoms with E-state index in [0.717, 1.165) is 4.90 Å². The normalized spacial score (nSPS) is 21.6. The molecule has 2 heterocycles. The van der Waals surface area contributed by atoms with Crippen molar-refractivity contribution in [2.24, 2.45) is 5.92 Å². The van der Waals surface area contributed by atoms with E-state index in [1.807, 2.05) is 0 Å². The van der Waals surface area contributed by atoms with E-state index >= 15 is 0 Å². The Balaban J connectivity index is 1.54. The van der Waals surface area contributed by atoms with Gasteiger partial charge >= 0.3 is 6.36 Å². The molecule has 0 saturated carbocycles. The van der Waals surface area contributed by atoms with Crippen molar-refractivity contribution in [2.45, 2.75) is 25.4 Å². The van der Waals surface area contributed by atoms with Gasteiger partial charge in [-0.1, -0.05) is 42.5 Å². The highest BCUT2D eigenvalue weighted by atomic mass is 19.4. The second kappa shape index (κ2) is 9.19. The molecular weight excluding hydrogens is 477 g/mol. The lowest BCUT2D eigenvalue weighted by molar-refractivity contribution is -0.274. The summed E-state index contributed by atoms with van der Waals surface area (Å²) in [4.78, 5) is 34.3. The molecule has 10 heteroatoms. The first-order valence-corrected chi connectivity index (χ1v) is 11.2. The first kappa shape index (κ1) is 23.7. The van der Waals surface area contributed by atoms with Gasteiger partial charge in [-0.15, -0.1) is 13.2 Å². The Morgan fingerprint density at radius 2 is 1.56 bits per heavy atom. The summed E-state index contributed by atoms with van der Waals surface area (Å²) in [5.41, 5.74) is 1.39. The molecule has 2 saturated heterocycles. The van der Waals surface area contributed by atoms with Gasteiger partial charge in [0, 0.05) is 0 Å². The molecule has 2 aliphatic heterocycles. The molecule has 3 unspecified atom stereocenters. The van der Waals surface area contributed by atoms with Crippen LogP contribution in [-0.2, 0) is 14.4 Å². The molecule has 7 nitrogen and oxygen atoms in total. The van der Waals surface area contributed by atoms with Crippen LogP contribution in [0.4, 0.5) is 24.5 Å². The minimum Gasteiger partial charge on any atom is -0.492 e. The number of hydroxylamine groups is 1. The Labute approximate surface area is 204 Å². The van der Waals surface area contributed by atoms with Crippen LogP contribution in [0.5, 0.6) is 11.5 Å². The van der Waals surface area contributed by atoms with Crippen LogP contribution in [0.15, 0.2) is 78.9 Å². The van der Waals surface area contributed by atoms with Crippen LogP contribution in [0.1, 0.15) is 18.5 Å². The second-order valence-electron chi connectivity index (χ2n) is 8.19. The maximum absolute atomic E-state index is 13.7. The number of anilines is 2. The summed E-state index contributed by atoms with van der Waals surface area (Å²) >= 11 is 0. The van der Waals surface area contributed by atoms with E-state index in [9.17, 15) is 22.8 Å². The van der Waals surface area contributed by atoms with Crippen molar-refractivity contribution >= 4 is 23.2 Å². The lowest BCUT2D eigenvalue weighted by atomic mass is 9.90. The van der Waals surface area contributed by atoms with E-state index in [1.54, 1.807) is 61.5 Å². The third kappa shape index (κ3) is 4.24. The molecule has 3 atom stereocenters. The third-order valence-electron chi connectivity index (χ3n) is 5.99. The summed E-state index contributed by atoms with van der Waals surface area (Å²) in [7, 11) is 0. The maximum Gasteiger partial charge on any atom is 0.573 e. The van der Waals surface area contributed by atoms with Gasteiger partial charge in [-0.3, -0.25) is 14.4 Å². The number of carbonyl (C=O) groups excluding carboxylic acids is 2. The molecule has 0 bridgehead atoms. The summed E-state index contributed by atoms with van der Waals surface area (Å²) in [6, 6.07) is 20.0. The fourth-order valence-electron chi connectivity index (χ4n) is 4.58. The first-order chi connectivity index (χ1) is 17.3.